The molecule has 1 heterocycles. The lowest BCUT2D eigenvalue weighted by atomic mass is 10.2. The van der Waals surface area contributed by atoms with E-state index in [0.717, 1.165) is 0 Å². The highest BCUT2D eigenvalue weighted by Crippen LogP contribution is 2.21. The summed E-state index contributed by atoms with van der Waals surface area (Å²) in [6.45, 7) is 1.77. The van der Waals surface area contributed by atoms with Crippen molar-refractivity contribution >= 4 is 17.5 Å². The molecule has 0 fully saturated rings. The first-order valence-corrected chi connectivity index (χ1v) is 5.50. The molecule has 94 valence electrons. The van der Waals surface area contributed by atoms with Crippen LogP contribution < -0.4 is 5.32 Å². The Labute approximate surface area is 108 Å². The van der Waals surface area contributed by atoms with Crippen LogP contribution in [0.1, 0.15) is 22.1 Å². The van der Waals surface area contributed by atoms with Crippen LogP contribution in [0, 0.1) is 6.92 Å². The fraction of sp³-hybridized carbons (Fsp3) is 0.182. The van der Waals surface area contributed by atoms with E-state index >= 15 is 0 Å². The summed E-state index contributed by atoms with van der Waals surface area (Å²) in [5.74, 6) is 0.177. The molecule has 0 aliphatic heterocycles. The predicted molar refractivity (Wildman–Crippen MR) is 63.3 cm³/mol. The lowest BCUT2D eigenvalue weighted by Crippen LogP contribution is -2.23. The molecule has 2 N–H and O–H groups in total. The zero-order chi connectivity index (χ0) is 13.1. The Morgan fingerprint density at radius 1 is 1.56 bits per heavy atom. The lowest BCUT2D eigenvalue weighted by molar-refractivity contribution is 0.0943. The molecule has 7 heteroatoms. The Balaban J connectivity index is 2.05. The van der Waals surface area contributed by atoms with E-state index in [1.807, 2.05) is 0 Å². The number of aromatic nitrogens is 2. The van der Waals surface area contributed by atoms with Crippen molar-refractivity contribution in [3.8, 4) is 5.75 Å². The van der Waals surface area contributed by atoms with Gasteiger partial charge in [-0.3, -0.25) is 4.79 Å². The van der Waals surface area contributed by atoms with Gasteiger partial charge in [0.2, 0.25) is 5.89 Å². The number of aromatic hydroxyl groups is 1. The van der Waals surface area contributed by atoms with Crippen LogP contribution in [-0.2, 0) is 6.54 Å². The van der Waals surface area contributed by atoms with Gasteiger partial charge in [-0.05, 0) is 25.1 Å². The molecule has 0 radical (unpaired) electrons. The summed E-state index contributed by atoms with van der Waals surface area (Å²) in [4.78, 5) is 15.7. The summed E-state index contributed by atoms with van der Waals surface area (Å²) in [5, 5.41) is 16.0. The molecule has 0 aliphatic rings. The van der Waals surface area contributed by atoms with Gasteiger partial charge in [0.15, 0.2) is 5.82 Å². The number of halogens is 1. The minimum atomic E-state index is -0.467. The maximum atomic E-state index is 11.8. The standard InChI is InChI=1S/C11H10ClN3O3/c1-6-14-10(18-15-6)5-13-11(17)8-4-7(12)2-3-9(8)16/h2-4,16H,5H2,1H3,(H,13,17). The first-order valence-electron chi connectivity index (χ1n) is 5.12. The average molecular weight is 268 g/mol. The number of nitrogens with zero attached hydrogens (tertiary/aromatic N) is 2. The highest BCUT2D eigenvalue weighted by Gasteiger charge is 2.12. The van der Waals surface area contributed by atoms with Gasteiger partial charge in [-0.2, -0.15) is 4.98 Å². The van der Waals surface area contributed by atoms with Gasteiger partial charge in [-0.25, -0.2) is 0 Å². The van der Waals surface area contributed by atoms with Gasteiger partial charge >= 0.3 is 0 Å². The Bertz CT molecular complexity index is 583. The normalized spacial score (nSPS) is 10.3. The molecule has 6 nitrogen and oxygen atoms in total. The van der Waals surface area contributed by atoms with Crippen LogP contribution in [0.25, 0.3) is 0 Å². The molecular weight excluding hydrogens is 258 g/mol. The molecule has 0 spiro atoms. The summed E-state index contributed by atoms with van der Waals surface area (Å²) in [5.41, 5.74) is 0.0961. The number of hydrogen-bond acceptors (Lipinski definition) is 5. The topological polar surface area (TPSA) is 88.2 Å². The highest BCUT2D eigenvalue weighted by atomic mass is 35.5. The van der Waals surface area contributed by atoms with Crippen LogP contribution >= 0.6 is 11.6 Å². The number of carbonyl (C=O) groups excluding carboxylic acids is 1. The fourth-order valence-corrected chi connectivity index (χ4v) is 1.53. The molecule has 0 saturated heterocycles. The molecule has 0 unspecified atom stereocenters. The smallest absolute Gasteiger partial charge is 0.255 e. The molecule has 1 aromatic heterocycles. The van der Waals surface area contributed by atoms with Gasteiger partial charge in [0.05, 0.1) is 12.1 Å². The Hall–Kier alpha value is -2.08. The number of hydrogen-bond donors (Lipinski definition) is 2. The molecule has 18 heavy (non-hydrogen) atoms. The molecule has 0 atom stereocenters. The quantitative estimate of drug-likeness (QED) is 0.883. The van der Waals surface area contributed by atoms with Crippen molar-refractivity contribution in [2.45, 2.75) is 13.5 Å². The van der Waals surface area contributed by atoms with Crippen LogP contribution in [0.5, 0.6) is 5.75 Å². The van der Waals surface area contributed by atoms with Crippen molar-refractivity contribution in [2.75, 3.05) is 0 Å². The zero-order valence-electron chi connectivity index (χ0n) is 9.48. The third kappa shape index (κ3) is 2.78. The SMILES string of the molecule is Cc1noc(CNC(=O)c2cc(Cl)ccc2O)n1. The third-order valence-corrected chi connectivity index (χ3v) is 2.41. The van der Waals surface area contributed by atoms with Crippen LogP contribution in [0.4, 0.5) is 0 Å². The second kappa shape index (κ2) is 5.05. The van der Waals surface area contributed by atoms with Crippen LogP contribution in [0.3, 0.4) is 0 Å². The predicted octanol–water partition coefficient (Wildman–Crippen LogP) is 1.67. The molecule has 0 saturated carbocycles. The van der Waals surface area contributed by atoms with E-state index in [9.17, 15) is 9.90 Å². The number of carbonyl (C=O) groups is 1. The first-order chi connectivity index (χ1) is 8.56. The van der Waals surface area contributed by atoms with Gasteiger partial charge in [-0.1, -0.05) is 16.8 Å². The van der Waals surface area contributed by atoms with Crippen LogP contribution in [0.15, 0.2) is 22.7 Å². The molecule has 1 amide bonds. The minimum Gasteiger partial charge on any atom is -0.507 e. The molecule has 2 rings (SSSR count). The summed E-state index contributed by atoms with van der Waals surface area (Å²) in [7, 11) is 0. The average Bonchev–Trinajstić information content (AvgIpc) is 2.75. The molecule has 1 aromatic carbocycles. The molecule has 0 aliphatic carbocycles. The highest BCUT2D eigenvalue weighted by molar-refractivity contribution is 6.31. The summed E-state index contributed by atoms with van der Waals surface area (Å²) in [6.07, 6.45) is 0. The fourth-order valence-electron chi connectivity index (χ4n) is 1.35. The lowest BCUT2D eigenvalue weighted by Gasteiger charge is -2.05. The van der Waals surface area contributed by atoms with Crippen LogP contribution in [-0.4, -0.2) is 21.2 Å². The van der Waals surface area contributed by atoms with Gasteiger partial charge in [0.25, 0.3) is 5.91 Å². The van der Waals surface area contributed by atoms with Crippen molar-refractivity contribution in [3.05, 3.63) is 40.5 Å². The molecular formula is C11H10ClN3O3. The Morgan fingerprint density at radius 3 is 3.00 bits per heavy atom. The van der Waals surface area contributed by atoms with E-state index in [0.29, 0.717) is 16.7 Å². The maximum absolute atomic E-state index is 11.8. The number of benzene rings is 1. The number of aryl methyl sites for hydroxylation is 1. The Morgan fingerprint density at radius 2 is 2.33 bits per heavy atom. The van der Waals surface area contributed by atoms with Gasteiger partial charge in [-0.15, -0.1) is 0 Å². The first kappa shape index (κ1) is 12.4. The van der Waals surface area contributed by atoms with Crippen molar-refractivity contribution in [3.63, 3.8) is 0 Å². The second-order valence-corrected chi connectivity index (χ2v) is 4.02. The van der Waals surface area contributed by atoms with Gasteiger partial charge in [0, 0.05) is 5.02 Å². The largest absolute Gasteiger partial charge is 0.507 e. The van der Waals surface area contributed by atoms with Crippen molar-refractivity contribution in [2.24, 2.45) is 0 Å². The molecule has 0 bridgehead atoms. The van der Waals surface area contributed by atoms with E-state index in [4.69, 9.17) is 16.1 Å². The number of phenols is 1. The van der Waals surface area contributed by atoms with Crippen molar-refractivity contribution in [1.29, 1.82) is 0 Å². The van der Waals surface area contributed by atoms with Gasteiger partial charge < -0.3 is 14.9 Å². The van der Waals surface area contributed by atoms with Crippen molar-refractivity contribution < 1.29 is 14.4 Å². The van der Waals surface area contributed by atoms with E-state index in [1.54, 1.807) is 6.92 Å². The summed E-state index contributed by atoms with van der Waals surface area (Å²) < 4.78 is 4.84. The number of rotatable bonds is 3. The monoisotopic (exact) mass is 267 g/mol. The number of nitrogens with one attached hydrogen (secondary N) is 1. The van der Waals surface area contributed by atoms with Crippen LogP contribution in [0.2, 0.25) is 5.02 Å². The Kier molecular flexibility index (Phi) is 3.47. The van der Waals surface area contributed by atoms with Crippen molar-refractivity contribution in [1.82, 2.24) is 15.5 Å². The van der Waals surface area contributed by atoms with Gasteiger partial charge in [0.1, 0.15) is 5.75 Å². The number of amides is 1. The number of phenolic OH excluding ortho intramolecular Hbond substituents is 1. The molecule has 2 aromatic rings. The van der Waals surface area contributed by atoms with E-state index in [2.05, 4.69) is 15.5 Å². The van der Waals surface area contributed by atoms with E-state index in [-0.39, 0.29) is 17.9 Å². The second-order valence-electron chi connectivity index (χ2n) is 3.58. The maximum Gasteiger partial charge on any atom is 0.255 e. The van der Waals surface area contributed by atoms with E-state index < -0.39 is 5.91 Å². The zero-order valence-corrected chi connectivity index (χ0v) is 10.2. The third-order valence-electron chi connectivity index (χ3n) is 2.17. The summed E-state index contributed by atoms with van der Waals surface area (Å²) >= 11 is 5.75. The summed E-state index contributed by atoms with van der Waals surface area (Å²) in [6, 6.07) is 4.23. The van der Waals surface area contributed by atoms with E-state index in [1.165, 1.54) is 18.2 Å². The minimum absolute atomic E-state index is 0.0889.